The quantitative estimate of drug-likeness (QED) is 0.415. The summed E-state index contributed by atoms with van der Waals surface area (Å²) in [4.78, 5) is 13.2. The van der Waals surface area contributed by atoms with Crippen LogP contribution in [0, 0.1) is 0 Å². The molecule has 28 heavy (non-hydrogen) atoms. The molecule has 1 aliphatic heterocycles. The summed E-state index contributed by atoms with van der Waals surface area (Å²) >= 11 is 0. The third-order valence-electron chi connectivity index (χ3n) is 4.77. The number of halogens is 3. The van der Waals surface area contributed by atoms with Crippen LogP contribution in [0.25, 0.3) is 32.9 Å². The summed E-state index contributed by atoms with van der Waals surface area (Å²) in [6, 6.07) is 11.7. The molecule has 140 valence electrons. The van der Waals surface area contributed by atoms with Gasteiger partial charge in [0.15, 0.2) is 11.5 Å². The lowest BCUT2D eigenvalue weighted by atomic mass is 9.97. The van der Waals surface area contributed by atoms with Crippen LogP contribution in [-0.4, -0.2) is 6.79 Å². The summed E-state index contributed by atoms with van der Waals surface area (Å²) < 4.78 is 56.5. The Kier molecular flexibility index (Phi) is 3.43. The van der Waals surface area contributed by atoms with Gasteiger partial charge in [0.25, 0.3) is 0 Å². The minimum absolute atomic E-state index is 0.0718. The van der Waals surface area contributed by atoms with E-state index in [9.17, 15) is 18.0 Å². The van der Waals surface area contributed by atoms with E-state index in [2.05, 4.69) is 0 Å². The van der Waals surface area contributed by atoms with Gasteiger partial charge in [-0.05, 0) is 29.7 Å². The van der Waals surface area contributed by atoms with Gasteiger partial charge in [0, 0.05) is 10.9 Å². The van der Waals surface area contributed by atoms with Gasteiger partial charge in [-0.25, -0.2) is 0 Å². The first kappa shape index (κ1) is 16.7. The zero-order valence-electron chi connectivity index (χ0n) is 14.2. The van der Waals surface area contributed by atoms with Crippen LogP contribution in [0.3, 0.4) is 0 Å². The Morgan fingerprint density at radius 1 is 0.893 bits per heavy atom. The topological polar surface area (TPSA) is 48.7 Å². The predicted molar refractivity (Wildman–Crippen MR) is 96.6 cm³/mol. The van der Waals surface area contributed by atoms with Gasteiger partial charge in [-0.15, -0.1) is 0 Å². The summed E-state index contributed by atoms with van der Waals surface area (Å²) in [5, 5.41) is 1.43. The van der Waals surface area contributed by atoms with Crippen molar-refractivity contribution in [3.05, 3.63) is 70.6 Å². The lowest BCUT2D eigenvalue weighted by Crippen LogP contribution is -2.11. The Morgan fingerprint density at radius 3 is 2.43 bits per heavy atom. The van der Waals surface area contributed by atoms with Gasteiger partial charge in [0.05, 0.1) is 16.5 Å². The summed E-state index contributed by atoms with van der Waals surface area (Å²) in [7, 11) is 0. The van der Waals surface area contributed by atoms with E-state index < -0.39 is 17.2 Å². The van der Waals surface area contributed by atoms with Gasteiger partial charge in [-0.3, -0.25) is 4.79 Å². The molecule has 0 aliphatic carbocycles. The van der Waals surface area contributed by atoms with Gasteiger partial charge >= 0.3 is 6.18 Å². The summed E-state index contributed by atoms with van der Waals surface area (Å²) in [5.41, 5.74) is -1.51. The molecule has 4 aromatic rings. The van der Waals surface area contributed by atoms with Gasteiger partial charge in [0.2, 0.25) is 12.2 Å². The molecule has 0 spiro atoms. The molecule has 1 aliphatic rings. The maximum Gasteiger partial charge on any atom is 0.417 e. The maximum absolute atomic E-state index is 13.4. The Bertz CT molecular complexity index is 1310. The minimum Gasteiger partial charge on any atom is -0.463 e. The third kappa shape index (κ3) is 2.43. The first-order chi connectivity index (χ1) is 13.4. The molecular formula is C21H11F3O4. The highest BCUT2D eigenvalue weighted by molar-refractivity contribution is 6.07. The van der Waals surface area contributed by atoms with Crippen molar-refractivity contribution in [1.29, 1.82) is 0 Å². The lowest BCUT2D eigenvalue weighted by Gasteiger charge is -2.13. The van der Waals surface area contributed by atoms with Gasteiger partial charge in [-0.1, -0.05) is 24.3 Å². The molecule has 7 heteroatoms. The van der Waals surface area contributed by atoms with E-state index in [1.165, 1.54) is 18.2 Å². The van der Waals surface area contributed by atoms with E-state index in [-0.39, 0.29) is 28.9 Å². The Morgan fingerprint density at radius 2 is 1.64 bits per heavy atom. The van der Waals surface area contributed by atoms with Crippen molar-refractivity contribution in [3.63, 3.8) is 0 Å². The number of rotatable bonds is 1. The average Bonchev–Trinajstić information content (AvgIpc) is 3.13. The van der Waals surface area contributed by atoms with Crippen LogP contribution in [0.4, 0.5) is 13.2 Å². The molecule has 1 aromatic heterocycles. The number of hydrogen-bond donors (Lipinski definition) is 0. The first-order valence-corrected chi connectivity index (χ1v) is 8.38. The van der Waals surface area contributed by atoms with Crippen molar-refractivity contribution in [2.45, 2.75) is 6.18 Å². The molecule has 0 amide bonds. The lowest BCUT2D eigenvalue weighted by molar-refractivity contribution is -0.137. The molecule has 0 fully saturated rings. The summed E-state index contributed by atoms with van der Waals surface area (Å²) in [6.07, 6.45) is -3.52. The highest BCUT2D eigenvalue weighted by Gasteiger charge is 2.34. The Balaban J connectivity index is 1.85. The number of benzene rings is 3. The normalized spacial score (nSPS) is 13.4. The molecule has 4 nitrogen and oxygen atoms in total. The maximum atomic E-state index is 13.4. The molecular weight excluding hydrogens is 373 g/mol. The second-order valence-corrected chi connectivity index (χ2v) is 6.39. The van der Waals surface area contributed by atoms with Crippen molar-refractivity contribution in [1.82, 2.24) is 0 Å². The van der Waals surface area contributed by atoms with E-state index in [1.807, 2.05) is 0 Å². The van der Waals surface area contributed by atoms with Crippen molar-refractivity contribution in [3.8, 4) is 22.6 Å². The Labute approximate surface area is 155 Å². The molecule has 5 rings (SSSR count). The van der Waals surface area contributed by atoms with Crippen molar-refractivity contribution in [2.24, 2.45) is 0 Å². The smallest absolute Gasteiger partial charge is 0.417 e. The molecule has 0 radical (unpaired) electrons. The van der Waals surface area contributed by atoms with Gasteiger partial charge in [-0.2, -0.15) is 13.2 Å². The minimum atomic E-state index is -4.59. The van der Waals surface area contributed by atoms with Crippen LogP contribution in [0.1, 0.15) is 5.56 Å². The third-order valence-corrected chi connectivity index (χ3v) is 4.77. The number of ether oxygens (including phenoxy) is 2. The molecule has 0 bridgehead atoms. The number of fused-ring (bicyclic) bond motifs is 4. The highest BCUT2D eigenvalue weighted by Crippen LogP contribution is 2.39. The second-order valence-electron chi connectivity index (χ2n) is 6.39. The SMILES string of the molecule is O=c1c(-c2ccccc2C(F)(F)F)coc2ccc3cc4c(cc3c12)OCO4. The molecule has 0 N–H and O–H groups in total. The molecule has 0 atom stereocenters. The van der Waals surface area contributed by atoms with Crippen molar-refractivity contribution >= 4 is 21.7 Å². The molecule has 2 heterocycles. The molecule has 0 saturated heterocycles. The van der Waals surface area contributed by atoms with E-state index in [0.717, 1.165) is 12.3 Å². The summed E-state index contributed by atoms with van der Waals surface area (Å²) in [6.45, 7) is 0.0718. The van der Waals surface area contributed by atoms with Crippen LogP contribution in [-0.2, 0) is 6.18 Å². The predicted octanol–water partition coefficient (Wildman–Crippen LogP) is 5.36. The summed E-state index contributed by atoms with van der Waals surface area (Å²) in [5.74, 6) is 1.02. The average molecular weight is 384 g/mol. The monoisotopic (exact) mass is 384 g/mol. The zero-order valence-corrected chi connectivity index (χ0v) is 14.2. The number of alkyl halides is 3. The second kappa shape index (κ2) is 5.76. The fourth-order valence-corrected chi connectivity index (χ4v) is 3.49. The fraction of sp³-hybridized carbons (Fsp3) is 0.0952. The van der Waals surface area contributed by atoms with Crippen LogP contribution >= 0.6 is 0 Å². The highest BCUT2D eigenvalue weighted by atomic mass is 19.4. The van der Waals surface area contributed by atoms with Crippen LogP contribution in [0.15, 0.2) is 64.0 Å². The van der Waals surface area contributed by atoms with Gasteiger partial charge in [0.1, 0.15) is 11.8 Å². The van der Waals surface area contributed by atoms with E-state index in [1.54, 1.807) is 24.3 Å². The van der Waals surface area contributed by atoms with E-state index >= 15 is 0 Å². The van der Waals surface area contributed by atoms with Crippen LogP contribution < -0.4 is 14.9 Å². The number of hydrogen-bond acceptors (Lipinski definition) is 4. The van der Waals surface area contributed by atoms with Crippen LogP contribution in [0.2, 0.25) is 0 Å². The molecule has 3 aromatic carbocycles. The standard InChI is InChI=1S/C21H11F3O4/c22-21(23,24)15-4-2-1-3-12(15)14-9-26-16-6-5-11-7-17-18(28-10-27-17)8-13(11)19(16)20(14)25/h1-9H,10H2. The first-order valence-electron chi connectivity index (χ1n) is 8.38. The van der Waals surface area contributed by atoms with Gasteiger partial charge < -0.3 is 13.9 Å². The molecule has 0 saturated carbocycles. The largest absolute Gasteiger partial charge is 0.463 e. The van der Waals surface area contributed by atoms with Crippen LogP contribution in [0.5, 0.6) is 11.5 Å². The molecule has 0 unspecified atom stereocenters. The zero-order chi connectivity index (χ0) is 19.5. The fourth-order valence-electron chi connectivity index (χ4n) is 3.49. The van der Waals surface area contributed by atoms with Crippen molar-refractivity contribution in [2.75, 3.05) is 6.79 Å². The van der Waals surface area contributed by atoms with E-state index in [0.29, 0.717) is 22.3 Å². The van der Waals surface area contributed by atoms with E-state index in [4.69, 9.17) is 13.9 Å². The Hall–Kier alpha value is -3.48. The van der Waals surface area contributed by atoms with Crippen molar-refractivity contribution < 1.29 is 27.1 Å².